The zero-order chi connectivity index (χ0) is 23.3. The molecule has 11 nitrogen and oxygen atoms in total. The molecule has 0 saturated carbocycles. The van der Waals surface area contributed by atoms with E-state index in [1.54, 1.807) is 12.1 Å². The highest BCUT2D eigenvalue weighted by molar-refractivity contribution is 5.96. The van der Waals surface area contributed by atoms with Gasteiger partial charge in [0.05, 0.1) is 37.6 Å². The van der Waals surface area contributed by atoms with Crippen molar-refractivity contribution in [2.45, 2.75) is 31.8 Å². The van der Waals surface area contributed by atoms with Crippen LogP contribution in [0.25, 0.3) is 10.4 Å². The molecule has 5 rings (SSSR count). The van der Waals surface area contributed by atoms with Crippen LogP contribution in [0.4, 0.5) is 5.69 Å². The predicted octanol–water partition coefficient (Wildman–Crippen LogP) is 2.79. The molecular weight excluding hydrogens is 432 g/mol. The van der Waals surface area contributed by atoms with Crippen LogP contribution in [-0.2, 0) is 24.4 Å². The van der Waals surface area contributed by atoms with Gasteiger partial charge < -0.3 is 29.2 Å². The summed E-state index contributed by atoms with van der Waals surface area (Å²) in [5.41, 5.74) is 12.7. The van der Waals surface area contributed by atoms with E-state index in [-0.39, 0.29) is 25.6 Å². The molecule has 0 bridgehead atoms. The lowest BCUT2D eigenvalue weighted by Gasteiger charge is -2.39. The van der Waals surface area contributed by atoms with E-state index in [4.69, 9.17) is 18.9 Å². The van der Waals surface area contributed by atoms with Gasteiger partial charge in [-0.3, -0.25) is 4.90 Å². The number of rotatable bonds is 5. The quantitative estimate of drug-likeness (QED) is 0.303. The minimum Gasteiger partial charge on any atom is -0.496 e. The van der Waals surface area contributed by atoms with Crippen LogP contribution in [0.15, 0.2) is 17.2 Å². The van der Waals surface area contributed by atoms with E-state index in [0.29, 0.717) is 58.2 Å². The first kappa shape index (κ1) is 21.4. The molecule has 0 fully saturated rings. The fourth-order valence-corrected chi connectivity index (χ4v) is 5.14. The largest absolute Gasteiger partial charge is 0.496 e. The number of methoxy groups -OCH3 is 1. The minimum atomic E-state index is -0.725. The molecule has 2 aromatic rings. The smallest absolute Gasteiger partial charge is 0.339 e. The Morgan fingerprint density at radius 2 is 2.00 bits per heavy atom. The number of fused-ring (bicyclic) bond motifs is 3. The van der Waals surface area contributed by atoms with Crippen molar-refractivity contribution in [3.8, 4) is 17.2 Å². The molecule has 172 valence electrons. The van der Waals surface area contributed by atoms with Crippen LogP contribution in [0, 0.1) is 0 Å². The van der Waals surface area contributed by atoms with Crippen LogP contribution in [0.5, 0.6) is 17.2 Å². The summed E-state index contributed by atoms with van der Waals surface area (Å²) in [6, 6.07) is 2.95. The normalized spacial score (nSPS) is 20.7. The summed E-state index contributed by atoms with van der Waals surface area (Å²) in [5.74, 6) is 0.487. The van der Waals surface area contributed by atoms with E-state index in [0.717, 1.165) is 5.56 Å². The van der Waals surface area contributed by atoms with Gasteiger partial charge in [0.25, 0.3) is 0 Å². The van der Waals surface area contributed by atoms with Gasteiger partial charge in [-0.25, -0.2) is 4.79 Å². The van der Waals surface area contributed by atoms with Crippen LogP contribution in [-0.4, -0.2) is 48.6 Å². The van der Waals surface area contributed by atoms with Gasteiger partial charge >= 0.3 is 5.97 Å². The van der Waals surface area contributed by atoms with Gasteiger partial charge in [-0.15, -0.1) is 0 Å². The van der Waals surface area contributed by atoms with E-state index in [2.05, 4.69) is 10.0 Å². The van der Waals surface area contributed by atoms with E-state index >= 15 is 0 Å². The zero-order valence-electron chi connectivity index (χ0n) is 18.1. The minimum absolute atomic E-state index is 0.0550. The Morgan fingerprint density at radius 1 is 1.24 bits per heavy atom. The monoisotopic (exact) mass is 454 g/mol. The molecule has 2 N–H and O–H groups in total. The number of azide groups is 1. The topological polar surface area (TPSA) is 146 Å². The molecule has 0 spiro atoms. The second-order valence-corrected chi connectivity index (χ2v) is 8.00. The third kappa shape index (κ3) is 3.01. The first-order valence-electron chi connectivity index (χ1n) is 10.4. The van der Waals surface area contributed by atoms with E-state index in [1.165, 1.54) is 7.11 Å². The molecule has 2 atom stereocenters. The number of cyclic esters (lactones) is 1. The first-order valence-corrected chi connectivity index (χ1v) is 10.4. The van der Waals surface area contributed by atoms with E-state index in [9.17, 15) is 20.5 Å². The third-order valence-electron chi connectivity index (χ3n) is 6.54. The number of nitrogens with zero attached hydrogens (tertiary/aromatic N) is 4. The van der Waals surface area contributed by atoms with E-state index in [1.807, 2.05) is 11.9 Å². The molecule has 0 radical (unpaired) electrons. The van der Waals surface area contributed by atoms with Gasteiger partial charge in [-0.2, -0.15) is 0 Å². The Kier molecular flexibility index (Phi) is 5.26. The fraction of sp³-hybridized carbons (Fsp3) is 0.409. The van der Waals surface area contributed by atoms with Crippen molar-refractivity contribution in [3.63, 3.8) is 0 Å². The second kappa shape index (κ2) is 8.13. The van der Waals surface area contributed by atoms with Crippen molar-refractivity contribution in [1.82, 2.24) is 4.90 Å². The zero-order valence-corrected chi connectivity index (χ0v) is 18.1. The van der Waals surface area contributed by atoms with Crippen LogP contribution in [0.2, 0.25) is 0 Å². The average Bonchev–Trinajstić information content (AvgIpc) is 3.43. The molecule has 3 aliphatic heterocycles. The number of benzene rings is 2. The number of aliphatic hydroxyl groups excluding tert-OH is 2. The summed E-state index contributed by atoms with van der Waals surface area (Å²) in [4.78, 5) is 17.9. The number of ether oxygens (including phenoxy) is 4. The van der Waals surface area contributed by atoms with Gasteiger partial charge in [0.2, 0.25) is 6.79 Å². The van der Waals surface area contributed by atoms with Crippen LogP contribution in [0.3, 0.4) is 0 Å². The van der Waals surface area contributed by atoms with Gasteiger partial charge in [-0.1, -0.05) is 11.2 Å². The molecule has 0 aromatic heterocycles. The lowest BCUT2D eigenvalue weighted by Crippen LogP contribution is -2.37. The first-order chi connectivity index (χ1) is 16.0. The highest BCUT2D eigenvalue weighted by Gasteiger charge is 2.46. The van der Waals surface area contributed by atoms with Crippen molar-refractivity contribution < 1.29 is 34.0 Å². The molecule has 3 heterocycles. The summed E-state index contributed by atoms with van der Waals surface area (Å²) >= 11 is 0. The summed E-state index contributed by atoms with van der Waals surface area (Å²) < 4.78 is 22.4. The summed E-state index contributed by atoms with van der Waals surface area (Å²) in [6.45, 7) is -0.192. The van der Waals surface area contributed by atoms with Gasteiger partial charge in [0, 0.05) is 28.1 Å². The van der Waals surface area contributed by atoms with E-state index < -0.39 is 18.1 Å². The van der Waals surface area contributed by atoms with Crippen molar-refractivity contribution in [2.75, 3.05) is 27.5 Å². The van der Waals surface area contributed by atoms with Crippen molar-refractivity contribution in [1.29, 1.82) is 0 Å². The molecule has 2 unspecified atom stereocenters. The van der Waals surface area contributed by atoms with Crippen molar-refractivity contribution in [3.05, 3.63) is 56.0 Å². The summed E-state index contributed by atoms with van der Waals surface area (Å²) in [7, 11) is 3.37. The maximum atomic E-state index is 12.9. The van der Waals surface area contributed by atoms with Crippen molar-refractivity contribution >= 4 is 11.7 Å². The number of carbonyl (C=O) groups is 1. The molecular formula is C22H22N4O7. The third-order valence-corrected chi connectivity index (χ3v) is 6.54. The summed E-state index contributed by atoms with van der Waals surface area (Å²) in [5, 5.41) is 24.1. The lowest BCUT2D eigenvalue weighted by atomic mass is 9.82. The Labute approximate surface area is 188 Å². The number of carbonyl (C=O) groups excluding carboxylic acids is 1. The number of likely N-dealkylation sites (N-methyl/N-ethyl adjacent to an activating group) is 1. The lowest BCUT2D eigenvalue weighted by molar-refractivity contribution is 0.00892. The SMILES string of the molecule is COc1ccc2c(c1CO)C(=O)OC2C1c2c(c(N=[N+]=[N-])c3c(c2CO)OCO3)CCN1C. The van der Waals surface area contributed by atoms with Crippen LogP contribution >= 0.6 is 0 Å². The Balaban J connectivity index is 1.75. The standard InChI is InChI=1S/C22H22N4O7/c1-26-6-5-10-15(13(8-28)20-21(32-9-31-20)17(10)24-25-23)18(26)19-11-3-4-14(30-2)12(7-27)16(11)22(29)33-19/h3-4,18-19,27-28H,5-9H2,1-2H3. The predicted molar refractivity (Wildman–Crippen MR) is 113 cm³/mol. The molecule has 0 saturated heterocycles. The average molecular weight is 454 g/mol. The molecule has 2 aromatic carbocycles. The van der Waals surface area contributed by atoms with Gasteiger partial charge in [0.1, 0.15) is 11.9 Å². The molecule has 0 aliphatic carbocycles. The highest BCUT2D eigenvalue weighted by Crippen LogP contribution is 2.55. The molecule has 3 aliphatic rings. The summed E-state index contributed by atoms with van der Waals surface area (Å²) in [6.07, 6.45) is -0.185. The fourth-order valence-electron chi connectivity index (χ4n) is 5.14. The van der Waals surface area contributed by atoms with Gasteiger partial charge in [-0.05, 0) is 36.2 Å². The molecule has 0 amide bonds. The number of aliphatic hydroxyl groups is 2. The second-order valence-electron chi connectivity index (χ2n) is 8.00. The Morgan fingerprint density at radius 3 is 2.70 bits per heavy atom. The number of esters is 1. The molecule has 11 heteroatoms. The Bertz CT molecular complexity index is 1210. The van der Waals surface area contributed by atoms with Gasteiger partial charge in [0.15, 0.2) is 11.5 Å². The Hall–Kier alpha value is -3.50. The number of hydrogen-bond acceptors (Lipinski definition) is 9. The molecule has 33 heavy (non-hydrogen) atoms. The maximum absolute atomic E-state index is 12.9. The maximum Gasteiger partial charge on any atom is 0.339 e. The van der Waals surface area contributed by atoms with Crippen LogP contribution in [0.1, 0.15) is 50.3 Å². The highest BCUT2D eigenvalue weighted by atomic mass is 16.7. The van der Waals surface area contributed by atoms with Crippen LogP contribution < -0.4 is 14.2 Å². The number of hydrogen-bond donors (Lipinski definition) is 2. The van der Waals surface area contributed by atoms with Crippen molar-refractivity contribution in [2.24, 2.45) is 5.11 Å².